The van der Waals surface area contributed by atoms with E-state index in [1.165, 1.54) is 11.1 Å². The Morgan fingerprint density at radius 3 is 2.68 bits per heavy atom. The summed E-state index contributed by atoms with van der Waals surface area (Å²) >= 11 is 0. The van der Waals surface area contributed by atoms with E-state index in [0.717, 1.165) is 30.2 Å². The summed E-state index contributed by atoms with van der Waals surface area (Å²) in [6.45, 7) is 1.81. The number of carbonyl (C=O) groups excluding carboxylic acids is 2. The van der Waals surface area contributed by atoms with Crippen molar-refractivity contribution >= 4 is 22.7 Å². The maximum absolute atomic E-state index is 12.4. The van der Waals surface area contributed by atoms with Gasteiger partial charge in [0.1, 0.15) is 11.3 Å². The topological polar surface area (TPSA) is 59.3 Å². The zero-order valence-corrected chi connectivity index (χ0v) is 14.0. The highest BCUT2D eigenvalue weighted by Gasteiger charge is 2.22. The van der Waals surface area contributed by atoms with Crippen LogP contribution in [0.1, 0.15) is 46.6 Å². The summed E-state index contributed by atoms with van der Waals surface area (Å²) in [7, 11) is 0. The Balaban J connectivity index is 1.49. The van der Waals surface area contributed by atoms with E-state index in [0.29, 0.717) is 11.3 Å². The lowest BCUT2D eigenvalue weighted by atomic mass is 10.0. The van der Waals surface area contributed by atoms with E-state index in [2.05, 4.69) is 5.32 Å². The first-order chi connectivity index (χ1) is 12.1. The molecule has 2 aromatic carbocycles. The molecule has 0 fully saturated rings. The molecular formula is C21H19NO3. The second-order valence-corrected chi connectivity index (χ2v) is 6.55. The normalized spacial score (nSPS) is 14.3. The Bertz CT molecular complexity index is 937. The van der Waals surface area contributed by atoms with Gasteiger partial charge in [-0.05, 0) is 55.5 Å². The number of fused-ring (bicyclic) bond motifs is 2. The van der Waals surface area contributed by atoms with E-state index in [1.807, 2.05) is 49.4 Å². The number of furan rings is 1. The van der Waals surface area contributed by atoms with Crippen LogP contribution in [0.15, 0.2) is 52.9 Å². The molecule has 3 aromatic rings. The minimum absolute atomic E-state index is 0.377. The van der Waals surface area contributed by atoms with Gasteiger partial charge in [-0.25, -0.2) is 0 Å². The van der Waals surface area contributed by atoms with Gasteiger partial charge in [0.05, 0.1) is 6.04 Å². The van der Waals surface area contributed by atoms with Gasteiger partial charge in [-0.3, -0.25) is 9.59 Å². The fourth-order valence-corrected chi connectivity index (χ4v) is 3.39. The van der Waals surface area contributed by atoms with Crippen molar-refractivity contribution < 1.29 is 14.0 Å². The highest BCUT2D eigenvalue weighted by Crippen LogP contribution is 2.25. The van der Waals surface area contributed by atoms with Crippen LogP contribution in [0.4, 0.5) is 0 Å². The van der Waals surface area contributed by atoms with Gasteiger partial charge >= 0.3 is 0 Å². The van der Waals surface area contributed by atoms with Crippen LogP contribution in [-0.4, -0.2) is 11.7 Å². The number of benzene rings is 2. The summed E-state index contributed by atoms with van der Waals surface area (Å²) in [4.78, 5) is 24.8. The molecule has 0 saturated carbocycles. The van der Waals surface area contributed by atoms with Crippen molar-refractivity contribution in [3.05, 3.63) is 71.0 Å². The number of aryl methyl sites for hydroxylation is 2. The zero-order valence-electron chi connectivity index (χ0n) is 14.0. The molecule has 4 rings (SSSR count). The zero-order chi connectivity index (χ0) is 17.4. The minimum atomic E-state index is -0.606. The Morgan fingerprint density at radius 1 is 1.04 bits per heavy atom. The molecule has 0 saturated heterocycles. The Labute approximate surface area is 145 Å². The van der Waals surface area contributed by atoms with E-state index in [4.69, 9.17) is 4.42 Å². The van der Waals surface area contributed by atoms with Crippen LogP contribution in [-0.2, 0) is 17.6 Å². The van der Waals surface area contributed by atoms with Gasteiger partial charge in [0.15, 0.2) is 0 Å². The Morgan fingerprint density at radius 2 is 1.84 bits per heavy atom. The van der Waals surface area contributed by atoms with Crippen LogP contribution in [0.5, 0.6) is 0 Å². The first kappa shape index (κ1) is 15.6. The predicted octanol–water partition coefficient (Wildman–Crippen LogP) is 3.98. The molecule has 4 nitrogen and oxygen atoms in total. The van der Waals surface area contributed by atoms with Crippen LogP contribution in [0.2, 0.25) is 0 Å². The number of hydrogen-bond donors (Lipinski definition) is 1. The number of para-hydroxylation sites is 1. The fraction of sp³-hybridized carbons (Fsp3) is 0.238. The van der Waals surface area contributed by atoms with Gasteiger partial charge in [-0.1, -0.05) is 30.3 Å². The van der Waals surface area contributed by atoms with Crippen LogP contribution in [0.25, 0.3) is 11.0 Å². The number of nitrogens with one attached hydrogen (secondary N) is 1. The largest absolute Gasteiger partial charge is 0.459 e. The molecule has 1 aromatic heterocycles. The van der Waals surface area contributed by atoms with Crippen molar-refractivity contribution in [3.63, 3.8) is 0 Å². The number of carbonyl (C=O) groups is 2. The molecule has 4 heteroatoms. The molecule has 0 bridgehead atoms. The lowest BCUT2D eigenvalue weighted by molar-refractivity contribution is -0.117. The lowest BCUT2D eigenvalue weighted by Crippen LogP contribution is -2.33. The molecule has 0 spiro atoms. The molecule has 1 amide bonds. The number of hydrogen-bond acceptors (Lipinski definition) is 3. The smallest absolute Gasteiger partial charge is 0.292 e. The Kier molecular flexibility index (Phi) is 3.88. The lowest BCUT2D eigenvalue weighted by Gasteiger charge is -2.11. The molecule has 1 heterocycles. The quantitative estimate of drug-likeness (QED) is 0.580. The van der Waals surface area contributed by atoms with Crippen molar-refractivity contribution in [2.24, 2.45) is 0 Å². The van der Waals surface area contributed by atoms with Gasteiger partial charge in [0, 0.05) is 10.9 Å². The molecule has 1 N–H and O–H groups in total. The summed E-state index contributed by atoms with van der Waals surface area (Å²) < 4.78 is 5.75. The second-order valence-electron chi connectivity index (χ2n) is 6.55. The van der Waals surface area contributed by atoms with E-state index in [9.17, 15) is 9.59 Å². The van der Waals surface area contributed by atoms with Crippen LogP contribution < -0.4 is 5.32 Å². The summed E-state index contributed by atoms with van der Waals surface area (Å²) in [5.41, 5.74) is 3.69. The fourth-order valence-electron chi connectivity index (χ4n) is 3.39. The van der Waals surface area contributed by atoms with Gasteiger partial charge in [-0.15, -0.1) is 0 Å². The molecule has 25 heavy (non-hydrogen) atoms. The maximum atomic E-state index is 12.4. The molecule has 1 aliphatic rings. The summed E-state index contributed by atoms with van der Waals surface area (Å²) in [6, 6.07) is 14.7. The van der Waals surface area contributed by atoms with Crippen molar-refractivity contribution in [3.8, 4) is 0 Å². The second kappa shape index (κ2) is 6.20. The monoisotopic (exact) mass is 333 g/mol. The number of ketones is 1. The van der Waals surface area contributed by atoms with E-state index in [1.54, 1.807) is 6.07 Å². The van der Waals surface area contributed by atoms with Gasteiger partial charge in [-0.2, -0.15) is 0 Å². The first-order valence-corrected chi connectivity index (χ1v) is 8.57. The SMILES string of the molecule is CC(NC(=O)C(=O)c1ccc2c(c1)CCC2)c1cc2ccccc2o1. The third-order valence-electron chi connectivity index (χ3n) is 4.79. The van der Waals surface area contributed by atoms with Gasteiger partial charge in [0.2, 0.25) is 5.78 Å². The molecule has 1 unspecified atom stereocenters. The minimum Gasteiger partial charge on any atom is -0.459 e. The summed E-state index contributed by atoms with van der Waals surface area (Å²) in [5, 5.41) is 3.72. The molecule has 1 aliphatic carbocycles. The molecule has 0 aliphatic heterocycles. The predicted molar refractivity (Wildman–Crippen MR) is 95.6 cm³/mol. The van der Waals surface area contributed by atoms with Crippen molar-refractivity contribution in [1.29, 1.82) is 0 Å². The highest BCUT2D eigenvalue weighted by molar-refractivity contribution is 6.42. The Hall–Kier alpha value is -2.88. The number of amides is 1. The summed E-state index contributed by atoms with van der Waals surface area (Å²) in [5.74, 6) is -0.472. The van der Waals surface area contributed by atoms with Crippen LogP contribution in [0.3, 0.4) is 0 Å². The standard InChI is InChI=1S/C21H19NO3/c1-13(19-12-16-5-2-3-8-18(16)25-19)22-21(24)20(23)17-10-9-14-6-4-7-15(14)11-17/h2-3,5,8-13H,4,6-7H2,1H3,(H,22,24). The first-order valence-electron chi connectivity index (χ1n) is 8.57. The van der Waals surface area contributed by atoms with Gasteiger partial charge in [0.25, 0.3) is 5.91 Å². The third-order valence-corrected chi connectivity index (χ3v) is 4.79. The number of Topliss-reactive ketones (excluding diaryl/α,β-unsaturated/α-hetero) is 1. The molecule has 126 valence electrons. The average molecular weight is 333 g/mol. The van der Waals surface area contributed by atoms with E-state index < -0.39 is 11.7 Å². The van der Waals surface area contributed by atoms with Crippen molar-refractivity contribution in [2.45, 2.75) is 32.2 Å². The molecule has 1 atom stereocenters. The average Bonchev–Trinajstić information content (AvgIpc) is 3.26. The van der Waals surface area contributed by atoms with Crippen LogP contribution >= 0.6 is 0 Å². The maximum Gasteiger partial charge on any atom is 0.292 e. The molecule has 0 radical (unpaired) electrons. The van der Waals surface area contributed by atoms with E-state index >= 15 is 0 Å². The molecular weight excluding hydrogens is 314 g/mol. The van der Waals surface area contributed by atoms with Crippen molar-refractivity contribution in [2.75, 3.05) is 0 Å². The third kappa shape index (κ3) is 2.95. The summed E-state index contributed by atoms with van der Waals surface area (Å²) in [6.07, 6.45) is 3.15. The van der Waals surface area contributed by atoms with Crippen molar-refractivity contribution in [1.82, 2.24) is 5.32 Å². The van der Waals surface area contributed by atoms with Crippen LogP contribution in [0, 0.1) is 0 Å². The number of rotatable bonds is 4. The van der Waals surface area contributed by atoms with E-state index in [-0.39, 0.29) is 6.04 Å². The highest BCUT2D eigenvalue weighted by atomic mass is 16.3. The van der Waals surface area contributed by atoms with Gasteiger partial charge < -0.3 is 9.73 Å².